The largest absolute Gasteiger partial charge is 0.380 e. The molecule has 4 nitrogen and oxygen atoms in total. The average molecular weight is 283 g/mol. The zero-order valence-corrected chi connectivity index (χ0v) is 12.8. The summed E-state index contributed by atoms with van der Waals surface area (Å²) in [6.45, 7) is 8.20. The number of thiophene rings is 1. The van der Waals surface area contributed by atoms with Crippen LogP contribution in [0.5, 0.6) is 0 Å². The molecule has 5 heteroatoms. The minimum Gasteiger partial charge on any atom is -0.380 e. The van der Waals surface area contributed by atoms with Crippen molar-refractivity contribution in [1.82, 2.24) is 10.6 Å². The van der Waals surface area contributed by atoms with Crippen LogP contribution in [-0.4, -0.2) is 32.3 Å². The highest BCUT2D eigenvalue weighted by molar-refractivity contribution is 7.09. The van der Waals surface area contributed by atoms with E-state index in [0.717, 1.165) is 45.2 Å². The van der Waals surface area contributed by atoms with E-state index < -0.39 is 0 Å². The van der Waals surface area contributed by atoms with E-state index in [1.54, 1.807) is 11.3 Å². The minimum absolute atomic E-state index is 0.726. The van der Waals surface area contributed by atoms with Gasteiger partial charge in [0, 0.05) is 24.6 Å². The van der Waals surface area contributed by atoms with Crippen LogP contribution in [0, 0.1) is 0 Å². The van der Waals surface area contributed by atoms with Crippen molar-refractivity contribution in [3.8, 4) is 0 Å². The molecule has 1 rings (SSSR count). The number of rotatable bonds is 9. The zero-order valence-electron chi connectivity index (χ0n) is 11.9. The summed E-state index contributed by atoms with van der Waals surface area (Å²) in [6, 6.07) is 4.16. The fourth-order valence-corrected chi connectivity index (χ4v) is 2.12. The molecule has 1 aromatic rings. The summed E-state index contributed by atoms with van der Waals surface area (Å²) in [5.41, 5.74) is 0. The van der Waals surface area contributed by atoms with Gasteiger partial charge in [-0.3, -0.25) is 0 Å². The Balaban J connectivity index is 2.21. The highest BCUT2D eigenvalue weighted by Crippen LogP contribution is 2.09. The first-order valence-electron chi connectivity index (χ1n) is 6.99. The second-order valence-electron chi connectivity index (χ2n) is 4.17. The molecule has 0 amide bonds. The quantitative estimate of drug-likeness (QED) is 0.416. The highest BCUT2D eigenvalue weighted by atomic mass is 32.1. The van der Waals surface area contributed by atoms with E-state index >= 15 is 0 Å². The minimum atomic E-state index is 0.726. The molecule has 0 aliphatic rings. The lowest BCUT2D eigenvalue weighted by molar-refractivity contribution is 0.136. The molecule has 0 bridgehead atoms. The van der Waals surface area contributed by atoms with Gasteiger partial charge in [-0.1, -0.05) is 19.4 Å². The predicted octanol–water partition coefficient (Wildman–Crippen LogP) is 2.62. The molecule has 1 aromatic heterocycles. The van der Waals surface area contributed by atoms with Crippen molar-refractivity contribution in [2.75, 3.05) is 26.3 Å². The van der Waals surface area contributed by atoms with Crippen molar-refractivity contribution in [2.24, 2.45) is 4.99 Å². The van der Waals surface area contributed by atoms with Gasteiger partial charge in [-0.2, -0.15) is 0 Å². The van der Waals surface area contributed by atoms with Gasteiger partial charge in [-0.25, -0.2) is 4.99 Å². The highest BCUT2D eigenvalue weighted by Gasteiger charge is 1.97. The number of unbranched alkanes of at least 4 members (excludes halogenated alkanes) is 1. The molecule has 0 unspecified atom stereocenters. The van der Waals surface area contributed by atoms with Gasteiger partial charge >= 0.3 is 0 Å². The maximum absolute atomic E-state index is 5.51. The molecule has 108 valence electrons. The van der Waals surface area contributed by atoms with Crippen molar-refractivity contribution in [3.63, 3.8) is 0 Å². The first kappa shape index (κ1) is 16.0. The molecular weight excluding hydrogens is 258 g/mol. The number of nitrogens with zero attached hydrogens (tertiary/aromatic N) is 1. The number of aliphatic imine (C=N–C) groups is 1. The topological polar surface area (TPSA) is 45.6 Å². The zero-order chi connectivity index (χ0) is 13.8. The van der Waals surface area contributed by atoms with Crippen molar-refractivity contribution in [2.45, 2.75) is 33.2 Å². The van der Waals surface area contributed by atoms with Gasteiger partial charge in [-0.05, 0) is 24.8 Å². The Hall–Kier alpha value is -1.07. The van der Waals surface area contributed by atoms with Crippen LogP contribution >= 0.6 is 11.3 Å². The Bertz CT molecular complexity index is 338. The predicted molar refractivity (Wildman–Crippen MR) is 82.9 cm³/mol. The SMILES string of the molecule is CCCCOCCNC(=NCc1cccs1)NCC. The molecule has 0 saturated carbocycles. The average Bonchev–Trinajstić information content (AvgIpc) is 2.93. The number of guanidine groups is 1. The van der Waals surface area contributed by atoms with E-state index in [0.29, 0.717) is 0 Å². The lowest BCUT2D eigenvalue weighted by Gasteiger charge is -2.11. The van der Waals surface area contributed by atoms with Crippen LogP contribution in [0.15, 0.2) is 22.5 Å². The van der Waals surface area contributed by atoms with Crippen LogP contribution in [0.25, 0.3) is 0 Å². The summed E-state index contributed by atoms with van der Waals surface area (Å²) in [5, 5.41) is 8.59. The van der Waals surface area contributed by atoms with Crippen LogP contribution in [0.1, 0.15) is 31.6 Å². The Morgan fingerprint density at radius 3 is 2.89 bits per heavy atom. The standard InChI is InChI=1S/C14H25N3OS/c1-3-5-9-18-10-8-16-14(15-4-2)17-12-13-7-6-11-19-13/h6-7,11H,3-5,8-10,12H2,1-2H3,(H2,15,16,17). The molecule has 0 aliphatic carbocycles. The van der Waals surface area contributed by atoms with Gasteiger partial charge < -0.3 is 15.4 Å². The first-order chi connectivity index (χ1) is 9.36. The van der Waals surface area contributed by atoms with Crippen LogP contribution in [-0.2, 0) is 11.3 Å². The molecule has 0 saturated heterocycles. The van der Waals surface area contributed by atoms with Crippen molar-refractivity contribution < 1.29 is 4.74 Å². The van der Waals surface area contributed by atoms with Crippen molar-refractivity contribution in [3.05, 3.63) is 22.4 Å². The summed E-state index contributed by atoms with van der Waals surface area (Å²) in [4.78, 5) is 5.81. The van der Waals surface area contributed by atoms with E-state index in [-0.39, 0.29) is 0 Å². The summed E-state index contributed by atoms with van der Waals surface area (Å²) in [7, 11) is 0. The summed E-state index contributed by atoms with van der Waals surface area (Å²) in [6.07, 6.45) is 2.31. The third kappa shape index (κ3) is 7.85. The van der Waals surface area contributed by atoms with E-state index in [1.165, 1.54) is 11.3 Å². The molecule has 0 atom stereocenters. The van der Waals surface area contributed by atoms with Crippen LogP contribution in [0.4, 0.5) is 0 Å². The number of hydrogen-bond acceptors (Lipinski definition) is 3. The van der Waals surface area contributed by atoms with Crippen molar-refractivity contribution >= 4 is 17.3 Å². The third-order valence-corrected chi connectivity index (χ3v) is 3.36. The van der Waals surface area contributed by atoms with E-state index in [9.17, 15) is 0 Å². The molecule has 0 aliphatic heterocycles. The van der Waals surface area contributed by atoms with E-state index in [2.05, 4.69) is 47.0 Å². The monoisotopic (exact) mass is 283 g/mol. The lowest BCUT2D eigenvalue weighted by Crippen LogP contribution is -2.39. The Morgan fingerprint density at radius 1 is 1.32 bits per heavy atom. The number of nitrogens with one attached hydrogen (secondary N) is 2. The van der Waals surface area contributed by atoms with Crippen LogP contribution in [0.3, 0.4) is 0 Å². The molecule has 19 heavy (non-hydrogen) atoms. The van der Waals surface area contributed by atoms with Gasteiger partial charge in [-0.15, -0.1) is 11.3 Å². The molecule has 2 N–H and O–H groups in total. The Labute approximate surface area is 120 Å². The van der Waals surface area contributed by atoms with Crippen LogP contribution in [0.2, 0.25) is 0 Å². The maximum Gasteiger partial charge on any atom is 0.191 e. The molecule has 1 heterocycles. The molecule has 0 radical (unpaired) electrons. The van der Waals surface area contributed by atoms with Gasteiger partial charge in [0.25, 0.3) is 0 Å². The number of hydrogen-bond donors (Lipinski definition) is 2. The molecule has 0 aromatic carbocycles. The molecular formula is C14H25N3OS. The van der Waals surface area contributed by atoms with Gasteiger partial charge in [0.1, 0.15) is 0 Å². The normalized spacial score (nSPS) is 11.6. The number of ether oxygens (including phenoxy) is 1. The van der Waals surface area contributed by atoms with Gasteiger partial charge in [0.15, 0.2) is 5.96 Å². The Morgan fingerprint density at radius 2 is 2.21 bits per heavy atom. The summed E-state index contributed by atoms with van der Waals surface area (Å²) >= 11 is 1.73. The lowest BCUT2D eigenvalue weighted by atomic mass is 10.4. The second-order valence-corrected chi connectivity index (χ2v) is 5.20. The summed E-state index contributed by atoms with van der Waals surface area (Å²) < 4.78 is 5.51. The van der Waals surface area contributed by atoms with Crippen molar-refractivity contribution in [1.29, 1.82) is 0 Å². The van der Waals surface area contributed by atoms with Gasteiger partial charge in [0.05, 0.1) is 13.2 Å². The van der Waals surface area contributed by atoms with E-state index in [1.807, 2.05) is 0 Å². The summed E-state index contributed by atoms with van der Waals surface area (Å²) in [5.74, 6) is 0.856. The molecule has 0 fully saturated rings. The van der Waals surface area contributed by atoms with Crippen LogP contribution < -0.4 is 10.6 Å². The maximum atomic E-state index is 5.51. The van der Waals surface area contributed by atoms with E-state index in [4.69, 9.17) is 4.74 Å². The van der Waals surface area contributed by atoms with Gasteiger partial charge in [0.2, 0.25) is 0 Å². The Kier molecular flexibility index (Phi) is 9.10. The second kappa shape index (κ2) is 10.8. The fraction of sp³-hybridized carbons (Fsp3) is 0.643. The fourth-order valence-electron chi connectivity index (χ4n) is 1.49. The molecule has 0 spiro atoms. The third-order valence-electron chi connectivity index (χ3n) is 2.50. The smallest absolute Gasteiger partial charge is 0.191 e. The first-order valence-corrected chi connectivity index (χ1v) is 7.87.